The molecule has 0 aliphatic rings. The number of carbonyl (C=O) groups is 1. The number of nitrogens with one attached hydrogen (secondary N) is 1. The maximum atomic E-state index is 12.9. The lowest BCUT2D eigenvalue weighted by Gasteiger charge is -2.10. The number of nitrogen functional groups attached to an aromatic ring is 1. The van der Waals surface area contributed by atoms with E-state index in [1.165, 1.54) is 11.3 Å². The molecule has 142 valence electrons. The number of rotatable bonds is 4. The molecule has 0 saturated carbocycles. The Morgan fingerprint density at radius 1 is 1.11 bits per heavy atom. The predicted octanol–water partition coefficient (Wildman–Crippen LogP) is 4.61. The van der Waals surface area contributed by atoms with E-state index in [9.17, 15) is 4.79 Å². The highest BCUT2D eigenvalue weighted by molar-refractivity contribution is 7.21. The monoisotopic (exact) mass is 393 g/mol. The van der Waals surface area contributed by atoms with Crippen LogP contribution in [0.15, 0.2) is 42.5 Å². The molecule has 1 amide bonds. The number of anilines is 2. The lowest BCUT2D eigenvalue weighted by molar-refractivity contribution is 0.103. The highest BCUT2D eigenvalue weighted by Gasteiger charge is 2.19. The van der Waals surface area contributed by atoms with E-state index in [0.29, 0.717) is 22.0 Å². The van der Waals surface area contributed by atoms with Gasteiger partial charge in [0.25, 0.3) is 5.91 Å². The van der Waals surface area contributed by atoms with E-state index in [0.717, 1.165) is 32.4 Å². The van der Waals surface area contributed by atoms with Gasteiger partial charge in [0.1, 0.15) is 21.2 Å². The predicted molar refractivity (Wildman–Crippen MR) is 114 cm³/mol. The zero-order valence-electron chi connectivity index (χ0n) is 15.7. The molecule has 2 heterocycles. The summed E-state index contributed by atoms with van der Waals surface area (Å²) in [6, 6.07) is 13.2. The number of methoxy groups -OCH3 is 2. The van der Waals surface area contributed by atoms with E-state index in [-0.39, 0.29) is 5.91 Å². The minimum absolute atomic E-state index is 0.286. The normalized spacial score (nSPS) is 11.0. The summed E-state index contributed by atoms with van der Waals surface area (Å²) in [6.07, 6.45) is 0. The van der Waals surface area contributed by atoms with Crippen LogP contribution in [-0.4, -0.2) is 25.1 Å². The van der Waals surface area contributed by atoms with Crippen LogP contribution in [0, 0.1) is 6.92 Å². The maximum absolute atomic E-state index is 12.9. The third-order valence-electron chi connectivity index (χ3n) is 4.53. The Morgan fingerprint density at radius 3 is 2.68 bits per heavy atom. The molecule has 0 fully saturated rings. The molecular weight excluding hydrogens is 374 g/mol. The zero-order valence-corrected chi connectivity index (χ0v) is 16.5. The molecule has 0 atom stereocenters. The second kappa shape index (κ2) is 7.01. The number of carbonyl (C=O) groups excluding carboxylic acids is 1. The molecule has 7 heteroatoms. The van der Waals surface area contributed by atoms with Crippen LogP contribution in [-0.2, 0) is 0 Å². The van der Waals surface area contributed by atoms with Gasteiger partial charge in [-0.2, -0.15) is 0 Å². The van der Waals surface area contributed by atoms with Gasteiger partial charge in [0.05, 0.1) is 31.1 Å². The van der Waals surface area contributed by atoms with Crippen LogP contribution in [0.4, 0.5) is 11.4 Å². The van der Waals surface area contributed by atoms with Gasteiger partial charge in [0.15, 0.2) is 0 Å². The number of aromatic nitrogens is 1. The molecule has 28 heavy (non-hydrogen) atoms. The topological polar surface area (TPSA) is 86.5 Å². The number of aryl methyl sites for hydroxylation is 1. The average Bonchev–Trinajstić information content (AvgIpc) is 3.02. The van der Waals surface area contributed by atoms with Gasteiger partial charge in [-0.05, 0) is 48.9 Å². The Labute approximate surface area is 165 Å². The van der Waals surface area contributed by atoms with Crippen LogP contribution < -0.4 is 20.5 Å². The number of amides is 1. The third-order valence-corrected chi connectivity index (χ3v) is 5.64. The Bertz CT molecular complexity index is 1220. The number of pyridine rings is 1. The van der Waals surface area contributed by atoms with E-state index < -0.39 is 0 Å². The molecule has 0 bridgehead atoms. The summed E-state index contributed by atoms with van der Waals surface area (Å²) >= 11 is 1.27. The Kier molecular flexibility index (Phi) is 4.52. The molecule has 0 aliphatic heterocycles. The van der Waals surface area contributed by atoms with Crippen molar-refractivity contribution in [3.05, 3.63) is 52.9 Å². The van der Waals surface area contributed by atoms with E-state index >= 15 is 0 Å². The van der Waals surface area contributed by atoms with Crippen molar-refractivity contribution in [3.8, 4) is 11.5 Å². The van der Waals surface area contributed by atoms with E-state index in [1.807, 2.05) is 49.4 Å². The van der Waals surface area contributed by atoms with Gasteiger partial charge in [-0.25, -0.2) is 4.98 Å². The summed E-state index contributed by atoms with van der Waals surface area (Å²) < 4.78 is 10.6. The number of fused-ring (bicyclic) bond motifs is 2. The van der Waals surface area contributed by atoms with Gasteiger partial charge in [-0.15, -0.1) is 11.3 Å². The molecule has 4 aromatic rings. The molecule has 2 aromatic heterocycles. The molecule has 4 rings (SSSR count). The SMILES string of the molecule is COc1ccc2nc3sc(C(=O)Nc4cc(C)ccc4OC)c(N)c3cc2c1. The van der Waals surface area contributed by atoms with Crippen LogP contribution in [0.3, 0.4) is 0 Å². The van der Waals surface area contributed by atoms with Crippen LogP contribution in [0.1, 0.15) is 15.2 Å². The van der Waals surface area contributed by atoms with E-state index in [4.69, 9.17) is 15.2 Å². The summed E-state index contributed by atoms with van der Waals surface area (Å²) in [7, 11) is 3.19. The van der Waals surface area contributed by atoms with Gasteiger partial charge >= 0.3 is 0 Å². The van der Waals surface area contributed by atoms with Gasteiger partial charge < -0.3 is 20.5 Å². The molecule has 0 radical (unpaired) electrons. The van der Waals surface area contributed by atoms with Crippen molar-refractivity contribution in [3.63, 3.8) is 0 Å². The van der Waals surface area contributed by atoms with Gasteiger partial charge in [0.2, 0.25) is 0 Å². The highest BCUT2D eigenvalue weighted by Crippen LogP contribution is 2.36. The van der Waals surface area contributed by atoms with E-state index in [1.54, 1.807) is 14.2 Å². The van der Waals surface area contributed by atoms with Crippen molar-refractivity contribution in [1.29, 1.82) is 0 Å². The second-order valence-corrected chi connectivity index (χ2v) is 7.40. The van der Waals surface area contributed by atoms with Crippen molar-refractivity contribution in [2.75, 3.05) is 25.3 Å². The molecule has 3 N–H and O–H groups in total. The number of ether oxygens (including phenoxy) is 2. The molecule has 2 aromatic carbocycles. The van der Waals surface area contributed by atoms with Crippen LogP contribution in [0.25, 0.3) is 21.1 Å². The van der Waals surface area contributed by atoms with Crippen molar-refractivity contribution < 1.29 is 14.3 Å². The largest absolute Gasteiger partial charge is 0.497 e. The zero-order chi connectivity index (χ0) is 19.8. The Morgan fingerprint density at radius 2 is 1.93 bits per heavy atom. The first kappa shape index (κ1) is 18.1. The van der Waals surface area contributed by atoms with Gasteiger partial charge in [-0.3, -0.25) is 4.79 Å². The average molecular weight is 393 g/mol. The lowest BCUT2D eigenvalue weighted by Crippen LogP contribution is -2.12. The quantitative estimate of drug-likeness (QED) is 0.529. The number of hydrogen-bond donors (Lipinski definition) is 2. The van der Waals surface area contributed by atoms with Crippen molar-refractivity contribution in [2.24, 2.45) is 0 Å². The number of hydrogen-bond acceptors (Lipinski definition) is 6. The molecule has 6 nitrogen and oxygen atoms in total. The number of nitrogens with zero attached hydrogens (tertiary/aromatic N) is 1. The van der Waals surface area contributed by atoms with Crippen molar-refractivity contribution in [2.45, 2.75) is 6.92 Å². The molecule has 0 saturated heterocycles. The molecular formula is C21H19N3O3S. The van der Waals surface area contributed by atoms with Gasteiger partial charge in [0, 0.05) is 10.8 Å². The number of thiophene rings is 1. The standard InChI is InChI=1S/C21H19N3O3S/c1-11-4-7-17(27-3)16(8-11)23-20(25)19-18(22)14-10-12-9-13(26-2)5-6-15(12)24-21(14)28-19/h4-10H,22H2,1-3H3,(H,23,25). The minimum Gasteiger partial charge on any atom is -0.497 e. The summed E-state index contributed by atoms with van der Waals surface area (Å²) in [5.41, 5.74) is 9.16. The minimum atomic E-state index is -0.286. The lowest BCUT2D eigenvalue weighted by atomic mass is 10.1. The number of nitrogens with two attached hydrogens (primary N) is 1. The van der Waals surface area contributed by atoms with Crippen molar-refractivity contribution >= 4 is 49.7 Å². The first-order valence-corrected chi connectivity index (χ1v) is 9.44. The Balaban J connectivity index is 1.76. The summed E-state index contributed by atoms with van der Waals surface area (Å²) in [6.45, 7) is 1.95. The first-order chi connectivity index (χ1) is 13.5. The number of benzene rings is 2. The fourth-order valence-electron chi connectivity index (χ4n) is 3.08. The van der Waals surface area contributed by atoms with Crippen molar-refractivity contribution in [1.82, 2.24) is 4.98 Å². The van der Waals surface area contributed by atoms with Gasteiger partial charge in [-0.1, -0.05) is 6.07 Å². The van der Waals surface area contributed by atoms with E-state index in [2.05, 4.69) is 10.3 Å². The fraction of sp³-hybridized carbons (Fsp3) is 0.143. The highest BCUT2D eigenvalue weighted by atomic mass is 32.1. The smallest absolute Gasteiger partial charge is 0.268 e. The molecule has 0 aliphatic carbocycles. The second-order valence-electron chi connectivity index (χ2n) is 6.40. The molecule has 0 spiro atoms. The summed E-state index contributed by atoms with van der Waals surface area (Å²) in [4.78, 5) is 18.7. The maximum Gasteiger partial charge on any atom is 0.268 e. The molecule has 0 unspecified atom stereocenters. The third kappa shape index (κ3) is 3.10. The fourth-order valence-corrected chi connectivity index (χ4v) is 4.06. The van der Waals surface area contributed by atoms with Crippen LogP contribution >= 0.6 is 11.3 Å². The summed E-state index contributed by atoms with van der Waals surface area (Å²) in [5, 5.41) is 4.56. The van der Waals surface area contributed by atoms with Crippen LogP contribution in [0.2, 0.25) is 0 Å². The van der Waals surface area contributed by atoms with Crippen LogP contribution in [0.5, 0.6) is 11.5 Å². The summed E-state index contributed by atoms with van der Waals surface area (Å²) in [5.74, 6) is 1.05. The Hall–Kier alpha value is -3.32. The first-order valence-electron chi connectivity index (χ1n) is 8.63.